The van der Waals surface area contributed by atoms with Crippen LogP contribution in [0.2, 0.25) is 0 Å². The van der Waals surface area contributed by atoms with Crippen LogP contribution >= 0.6 is 0 Å². The Kier molecular flexibility index (Phi) is 2.63. The lowest BCUT2D eigenvalue weighted by molar-refractivity contribution is 0.0904. The second kappa shape index (κ2) is 3.92. The van der Waals surface area contributed by atoms with Gasteiger partial charge in [0, 0.05) is 7.05 Å². The van der Waals surface area contributed by atoms with Gasteiger partial charge in [0.15, 0.2) is 5.82 Å². The summed E-state index contributed by atoms with van der Waals surface area (Å²) in [4.78, 5) is 4.07. The fourth-order valence-electron chi connectivity index (χ4n) is 1.89. The molecule has 0 aliphatic heterocycles. The van der Waals surface area contributed by atoms with Crippen molar-refractivity contribution in [3.63, 3.8) is 0 Å². The molecule has 1 heterocycles. The van der Waals surface area contributed by atoms with Gasteiger partial charge in [-0.25, -0.2) is 4.98 Å². The number of rotatable bonds is 2. The molecule has 2 rings (SSSR count). The Bertz CT molecular complexity index is 332. The lowest BCUT2D eigenvalue weighted by Crippen LogP contribution is -2.17. The van der Waals surface area contributed by atoms with E-state index in [2.05, 4.69) is 22.2 Å². The van der Waals surface area contributed by atoms with Gasteiger partial charge in [0.25, 0.3) is 0 Å². The first-order valence-electron chi connectivity index (χ1n) is 4.96. The largest absolute Gasteiger partial charge is 0.385 e. The summed E-state index contributed by atoms with van der Waals surface area (Å²) < 4.78 is 1.64. The molecule has 0 radical (unpaired) electrons. The van der Waals surface area contributed by atoms with E-state index in [1.54, 1.807) is 4.68 Å². The Morgan fingerprint density at radius 1 is 1.57 bits per heavy atom. The third kappa shape index (κ3) is 1.70. The van der Waals surface area contributed by atoms with Gasteiger partial charge in [0.2, 0.25) is 0 Å². The van der Waals surface area contributed by atoms with Crippen molar-refractivity contribution in [3.05, 3.63) is 24.3 Å². The topological polar surface area (TPSA) is 50.9 Å². The van der Waals surface area contributed by atoms with Crippen LogP contribution in [0.3, 0.4) is 0 Å². The van der Waals surface area contributed by atoms with Gasteiger partial charge in [0.05, 0.1) is 0 Å². The van der Waals surface area contributed by atoms with Crippen molar-refractivity contribution in [3.8, 4) is 0 Å². The van der Waals surface area contributed by atoms with Gasteiger partial charge < -0.3 is 5.11 Å². The highest BCUT2D eigenvalue weighted by atomic mass is 16.3. The van der Waals surface area contributed by atoms with Gasteiger partial charge >= 0.3 is 0 Å². The van der Waals surface area contributed by atoms with E-state index in [9.17, 15) is 5.11 Å². The van der Waals surface area contributed by atoms with E-state index in [-0.39, 0.29) is 0 Å². The molecule has 14 heavy (non-hydrogen) atoms. The van der Waals surface area contributed by atoms with Gasteiger partial charge in [-0.1, -0.05) is 12.2 Å². The van der Waals surface area contributed by atoms with Crippen LogP contribution in [-0.2, 0) is 7.05 Å². The summed E-state index contributed by atoms with van der Waals surface area (Å²) in [5.74, 6) is 0.966. The summed E-state index contributed by atoms with van der Waals surface area (Å²) in [5.41, 5.74) is 0. The molecule has 0 bridgehead atoms. The maximum absolute atomic E-state index is 10.1. The third-order valence-corrected chi connectivity index (χ3v) is 2.77. The van der Waals surface area contributed by atoms with Crippen molar-refractivity contribution in [1.82, 2.24) is 14.8 Å². The first-order chi connectivity index (χ1) is 6.79. The van der Waals surface area contributed by atoms with Gasteiger partial charge in [-0.2, -0.15) is 5.10 Å². The van der Waals surface area contributed by atoms with Crippen molar-refractivity contribution in [2.75, 3.05) is 0 Å². The first-order valence-corrected chi connectivity index (χ1v) is 4.96. The fraction of sp³-hybridized carbons (Fsp3) is 0.600. The van der Waals surface area contributed by atoms with E-state index in [1.165, 1.54) is 6.33 Å². The van der Waals surface area contributed by atoms with Crippen molar-refractivity contribution in [2.45, 2.75) is 25.4 Å². The molecule has 1 aliphatic rings. The van der Waals surface area contributed by atoms with Crippen molar-refractivity contribution in [1.29, 1.82) is 0 Å². The van der Waals surface area contributed by atoms with Crippen molar-refractivity contribution in [2.24, 2.45) is 13.0 Å². The average molecular weight is 193 g/mol. The minimum Gasteiger partial charge on any atom is -0.385 e. The van der Waals surface area contributed by atoms with E-state index < -0.39 is 6.10 Å². The molecule has 0 saturated heterocycles. The average Bonchev–Trinajstić information content (AvgIpc) is 2.65. The monoisotopic (exact) mass is 193 g/mol. The Morgan fingerprint density at radius 3 is 3.00 bits per heavy atom. The molecular formula is C10H15N3O. The zero-order chi connectivity index (χ0) is 9.97. The summed E-state index contributed by atoms with van der Waals surface area (Å²) in [7, 11) is 1.81. The lowest BCUT2D eigenvalue weighted by atomic mass is 9.89. The Labute approximate surface area is 83.3 Å². The number of hydrogen-bond acceptors (Lipinski definition) is 3. The molecule has 1 aromatic rings. The molecule has 0 saturated carbocycles. The summed E-state index contributed by atoms with van der Waals surface area (Å²) in [6.45, 7) is 0. The van der Waals surface area contributed by atoms with E-state index in [1.807, 2.05) is 7.05 Å². The second-order valence-electron chi connectivity index (χ2n) is 3.73. The van der Waals surface area contributed by atoms with Crippen LogP contribution < -0.4 is 0 Å². The predicted octanol–water partition coefficient (Wildman–Crippen LogP) is 1.20. The molecule has 0 spiro atoms. The molecule has 4 nitrogen and oxygen atoms in total. The maximum Gasteiger partial charge on any atom is 0.155 e. The molecule has 2 unspecified atom stereocenters. The molecule has 2 atom stereocenters. The molecule has 1 aliphatic carbocycles. The number of aliphatic hydroxyl groups is 1. The van der Waals surface area contributed by atoms with Crippen LogP contribution in [0, 0.1) is 5.92 Å². The summed E-state index contributed by atoms with van der Waals surface area (Å²) in [5, 5.41) is 14.0. The highest BCUT2D eigenvalue weighted by Crippen LogP contribution is 2.29. The van der Waals surface area contributed by atoms with Crippen molar-refractivity contribution >= 4 is 0 Å². The number of hydrogen-bond donors (Lipinski definition) is 1. The number of aryl methyl sites for hydroxylation is 1. The van der Waals surface area contributed by atoms with E-state index >= 15 is 0 Å². The third-order valence-electron chi connectivity index (χ3n) is 2.77. The summed E-state index contributed by atoms with van der Waals surface area (Å²) in [6.07, 6.45) is 8.33. The standard InChI is InChI=1S/C10H15N3O/c1-13-10(11-7-12-13)9(14)8-5-3-2-4-6-8/h2-3,7-9,14H,4-6H2,1H3. The second-order valence-corrected chi connectivity index (χ2v) is 3.73. The van der Waals surface area contributed by atoms with E-state index in [4.69, 9.17) is 0 Å². The van der Waals surface area contributed by atoms with Crippen LogP contribution in [-0.4, -0.2) is 19.9 Å². The quantitative estimate of drug-likeness (QED) is 0.718. The maximum atomic E-state index is 10.1. The van der Waals surface area contributed by atoms with Crippen LogP contribution in [0.1, 0.15) is 31.2 Å². The summed E-state index contributed by atoms with van der Waals surface area (Å²) in [6, 6.07) is 0. The summed E-state index contributed by atoms with van der Waals surface area (Å²) >= 11 is 0. The van der Waals surface area contributed by atoms with Crippen LogP contribution in [0.15, 0.2) is 18.5 Å². The van der Waals surface area contributed by atoms with E-state index in [0.29, 0.717) is 11.7 Å². The smallest absolute Gasteiger partial charge is 0.155 e. The minimum absolute atomic E-state index is 0.294. The number of allylic oxidation sites excluding steroid dienone is 2. The number of aromatic nitrogens is 3. The Hall–Kier alpha value is -1.16. The van der Waals surface area contributed by atoms with Gasteiger partial charge in [-0.05, 0) is 25.2 Å². The predicted molar refractivity (Wildman–Crippen MR) is 52.4 cm³/mol. The first kappa shape index (κ1) is 9.40. The molecule has 76 valence electrons. The number of nitrogens with zero attached hydrogens (tertiary/aromatic N) is 3. The van der Waals surface area contributed by atoms with Crippen LogP contribution in [0.4, 0.5) is 0 Å². The molecule has 4 heteroatoms. The normalized spacial score (nSPS) is 23.7. The lowest BCUT2D eigenvalue weighted by Gasteiger charge is -2.22. The Morgan fingerprint density at radius 2 is 2.43 bits per heavy atom. The minimum atomic E-state index is -0.479. The van der Waals surface area contributed by atoms with Crippen LogP contribution in [0.25, 0.3) is 0 Å². The molecule has 1 aromatic heterocycles. The highest BCUT2D eigenvalue weighted by Gasteiger charge is 2.24. The Balaban J connectivity index is 2.11. The van der Waals surface area contributed by atoms with Gasteiger partial charge in [0.1, 0.15) is 12.4 Å². The number of aliphatic hydroxyl groups excluding tert-OH is 1. The molecule has 1 N–H and O–H groups in total. The SMILES string of the molecule is Cn1ncnc1C(O)C1CC=CCC1. The molecular weight excluding hydrogens is 178 g/mol. The van der Waals surface area contributed by atoms with Gasteiger partial charge in [-0.15, -0.1) is 0 Å². The molecule has 0 fully saturated rings. The zero-order valence-corrected chi connectivity index (χ0v) is 8.30. The fourth-order valence-corrected chi connectivity index (χ4v) is 1.89. The highest BCUT2D eigenvalue weighted by molar-refractivity contribution is 4.98. The molecule has 0 aromatic carbocycles. The van der Waals surface area contributed by atoms with Crippen LogP contribution in [0.5, 0.6) is 0 Å². The molecule has 0 amide bonds. The van der Waals surface area contributed by atoms with Gasteiger partial charge in [-0.3, -0.25) is 4.68 Å². The van der Waals surface area contributed by atoms with Crippen molar-refractivity contribution < 1.29 is 5.11 Å². The zero-order valence-electron chi connectivity index (χ0n) is 8.30. The van der Waals surface area contributed by atoms with E-state index in [0.717, 1.165) is 19.3 Å².